The van der Waals surface area contributed by atoms with E-state index in [1.165, 1.54) is 0 Å². The van der Waals surface area contributed by atoms with Crippen LogP contribution in [-0.2, 0) is 4.79 Å². The molecule has 104 valence electrons. The van der Waals surface area contributed by atoms with Gasteiger partial charge in [0.2, 0.25) is 5.91 Å². The molecule has 1 unspecified atom stereocenters. The zero-order valence-corrected chi connectivity index (χ0v) is 12.1. The first-order valence-electron chi connectivity index (χ1n) is 6.54. The molecule has 1 saturated heterocycles. The van der Waals surface area contributed by atoms with Crippen LogP contribution in [0.3, 0.4) is 0 Å². The molecule has 1 heterocycles. The monoisotopic (exact) mass is 280 g/mol. The van der Waals surface area contributed by atoms with Crippen molar-refractivity contribution in [1.29, 1.82) is 0 Å². The number of nitrogens with one attached hydrogen (secondary N) is 2. The smallest absolute Gasteiger partial charge is 0.242 e. The van der Waals surface area contributed by atoms with Crippen molar-refractivity contribution < 1.29 is 9.53 Å². The van der Waals surface area contributed by atoms with Crippen LogP contribution < -0.4 is 15.4 Å². The van der Waals surface area contributed by atoms with Gasteiger partial charge in [0.05, 0.1) is 17.8 Å². The van der Waals surface area contributed by atoms with E-state index in [4.69, 9.17) is 4.74 Å². The number of amides is 1. The van der Waals surface area contributed by atoms with Crippen molar-refractivity contribution in [1.82, 2.24) is 5.32 Å². The molecule has 0 aliphatic carbocycles. The zero-order chi connectivity index (χ0) is 13.7. The van der Waals surface area contributed by atoms with Crippen molar-refractivity contribution in [2.75, 3.05) is 23.4 Å². The molecule has 1 aliphatic rings. The highest BCUT2D eigenvalue weighted by Gasteiger charge is 2.21. The molecule has 0 aromatic heterocycles. The molecule has 1 aromatic carbocycles. The minimum Gasteiger partial charge on any atom is -0.489 e. The van der Waals surface area contributed by atoms with E-state index in [0.717, 1.165) is 23.7 Å². The summed E-state index contributed by atoms with van der Waals surface area (Å²) < 4.78 is 5.69. The SMILES string of the molecule is CC(C)Oc1ccccc1NC(=O)C1CSCCN1. The second-order valence-electron chi connectivity index (χ2n) is 4.73. The molecule has 1 atom stereocenters. The van der Waals surface area contributed by atoms with Crippen molar-refractivity contribution in [3.05, 3.63) is 24.3 Å². The van der Waals surface area contributed by atoms with Crippen molar-refractivity contribution in [3.63, 3.8) is 0 Å². The highest BCUT2D eigenvalue weighted by molar-refractivity contribution is 7.99. The Morgan fingerprint density at radius 2 is 2.26 bits per heavy atom. The number of thioether (sulfide) groups is 1. The Hall–Kier alpha value is -1.20. The molecule has 2 rings (SSSR count). The lowest BCUT2D eigenvalue weighted by molar-refractivity contribution is -0.117. The van der Waals surface area contributed by atoms with Gasteiger partial charge in [0, 0.05) is 18.1 Å². The van der Waals surface area contributed by atoms with Gasteiger partial charge in [-0.3, -0.25) is 4.79 Å². The summed E-state index contributed by atoms with van der Waals surface area (Å²) in [6.45, 7) is 4.82. The number of benzene rings is 1. The highest BCUT2D eigenvalue weighted by Crippen LogP contribution is 2.25. The standard InChI is InChI=1S/C14H20N2O2S/c1-10(2)18-13-6-4-3-5-11(13)16-14(17)12-9-19-8-7-15-12/h3-6,10,12,15H,7-9H2,1-2H3,(H,16,17). The molecule has 19 heavy (non-hydrogen) atoms. The van der Waals surface area contributed by atoms with Crippen LogP contribution in [-0.4, -0.2) is 36.1 Å². The maximum atomic E-state index is 12.2. The van der Waals surface area contributed by atoms with E-state index >= 15 is 0 Å². The number of ether oxygens (including phenoxy) is 1. The molecule has 1 fully saturated rings. The average Bonchev–Trinajstić information content (AvgIpc) is 2.41. The molecular weight excluding hydrogens is 260 g/mol. The predicted molar refractivity (Wildman–Crippen MR) is 80.0 cm³/mol. The molecule has 1 aromatic rings. The third kappa shape index (κ3) is 4.14. The minimum absolute atomic E-state index is 0.00649. The maximum Gasteiger partial charge on any atom is 0.242 e. The molecule has 2 N–H and O–H groups in total. The number of carbonyl (C=O) groups is 1. The molecular formula is C14H20N2O2S. The summed E-state index contributed by atoms with van der Waals surface area (Å²) in [5.74, 6) is 2.61. The summed E-state index contributed by atoms with van der Waals surface area (Å²) in [5.41, 5.74) is 0.735. The Morgan fingerprint density at radius 1 is 1.47 bits per heavy atom. The van der Waals surface area contributed by atoms with Gasteiger partial charge >= 0.3 is 0 Å². The Labute approximate surface area is 118 Å². The summed E-state index contributed by atoms with van der Waals surface area (Å²) in [7, 11) is 0. The molecule has 0 bridgehead atoms. The lowest BCUT2D eigenvalue weighted by Crippen LogP contribution is -2.46. The largest absolute Gasteiger partial charge is 0.489 e. The first-order valence-corrected chi connectivity index (χ1v) is 7.70. The van der Waals surface area contributed by atoms with Crippen molar-refractivity contribution in [2.24, 2.45) is 0 Å². The van der Waals surface area contributed by atoms with Gasteiger partial charge in [0.25, 0.3) is 0 Å². The lowest BCUT2D eigenvalue weighted by Gasteiger charge is -2.23. The summed E-state index contributed by atoms with van der Waals surface area (Å²) in [5, 5.41) is 6.17. The van der Waals surface area contributed by atoms with Gasteiger partial charge in [0.1, 0.15) is 5.75 Å². The van der Waals surface area contributed by atoms with E-state index < -0.39 is 0 Å². The Balaban J connectivity index is 2.03. The van der Waals surface area contributed by atoms with Gasteiger partial charge in [-0.2, -0.15) is 11.8 Å². The van der Waals surface area contributed by atoms with E-state index in [9.17, 15) is 4.79 Å². The number of anilines is 1. The molecule has 5 heteroatoms. The van der Waals surface area contributed by atoms with E-state index in [2.05, 4.69) is 10.6 Å². The van der Waals surface area contributed by atoms with Gasteiger partial charge < -0.3 is 15.4 Å². The van der Waals surface area contributed by atoms with Crippen molar-refractivity contribution in [3.8, 4) is 5.75 Å². The van der Waals surface area contributed by atoms with Crippen LogP contribution in [0.25, 0.3) is 0 Å². The van der Waals surface area contributed by atoms with Crippen LogP contribution in [0.1, 0.15) is 13.8 Å². The Morgan fingerprint density at radius 3 is 2.95 bits per heavy atom. The van der Waals surface area contributed by atoms with Gasteiger partial charge in [0.15, 0.2) is 0 Å². The fourth-order valence-electron chi connectivity index (χ4n) is 1.88. The van der Waals surface area contributed by atoms with Crippen LogP contribution >= 0.6 is 11.8 Å². The third-order valence-electron chi connectivity index (χ3n) is 2.75. The molecule has 0 saturated carbocycles. The van der Waals surface area contributed by atoms with Gasteiger partial charge in [-0.15, -0.1) is 0 Å². The van der Waals surface area contributed by atoms with Crippen LogP contribution in [0.15, 0.2) is 24.3 Å². The zero-order valence-electron chi connectivity index (χ0n) is 11.3. The third-order valence-corrected chi connectivity index (χ3v) is 3.81. The van der Waals surface area contributed by atoms with Crippen molar-refractivity contribution in [2.45, 2.75) is 26.0 Å². The average molecular weight is 280 g/mol. The number of hydrogen-bond acceptors (Lipinski definition) is 4. The van der Waals surface area contributed by atoms with E-state index in [-0.39, 0.29) is 18.1 Å². The molecule has 4 nitrogen and oxygen atoms in total. The predicted octanol–water partition coefficient (Wildman–Crippen LogP) is 2.12. The summed E-state index contributed by atoms with van der Waals surface area (Å²) in [4.78, 5) is 12.2. The van der Waals surface area contributed by atoms with E-state index in [1.807, 2.05) is 38.1 Å². The Kier molecular flexibility index (Phi) is 5.10. The van der Waals surface area contributed by atoms with E-state index in [0.29, 0.717) is 5.75 Å². The number of hydrogen-bond donors (Lipinski definition) is 2. The first-order chi connectivity index (χ1) is 9.16. The van der Waals surface area contributed by atoms with E-state index in [1.54, 1.807) is 11.8 Å². The maximum absolute atomic E-state index is 12.2. The fraction of sp³-hybridized carbons (Fsp3) is 0.500. The fourth-order valence-corrected chi connectivity index (χ4v) is 2.81. The number of para-hydroxylation sites is 2. The second-order valence-corrected chi connectivity index (χ2v) is 5.88. The summed E-state index contributed by atoms with van der Waals surface area (Å²) >= 11 is 1.80. The normalized spacial score (nSPS) is 19.2. The van der Waals surface area contributed by atoms with Crippen LogP contribution in [0.4, 0.5) is 5.69 Å². The molecule has 0 spiro atoms. The van der Waals surface area contributed by atoms with Crippen LogP contribution in [0.2, 0.25) is 0 Å². The van der Waals surface area contributed by atoms with Crippen LogP contribution in [0, 0.1) is 0 Å². The van der Waals surface area contributed by atoms with Gasteiger partial charge in [-0.1, -0.05) is 12.1 Å². The van der Waals surface area contributed by atoms with Gasteiger partial charge in [-0.25, -0.2) is 0 Å². The quantitative estimate of drug-likeness (QED) is 0.887. The minimum atomic E-state index is -0.120. The summed E-state index contributed by atoms with van der Waals surface area (Å²) in [6.07, 6.45) is 0.0846. The number of rotatable bonds is 4. The number of carbonyl (C=O) groups excluding carboxylic acids is 1. The lowest BCUT2D eigenvalue weighted by atomic mass is 10.2. The molecule has 0 radical (unpaired) electrons. The second kappa shape index (κ2) is 6.82. The summed E-state index contributed by atoms with van der Waals surface area (Å²) in [6, 6.07) is 7.42. The molecule has 1 aliphatic heterocycles. The topological polar surface area (TPSA) is 50.4 Å². The molecule has 1 amide bonds. The van der Waals surface area contributed by atoms with Crippen LogP contribution in [0.5, 0.6) is 5.75 Å². The first kappa shape index (κ1) is 14.2. The Bertz CT molecular complexity index is 431. The van der Waals surface area contributed by atoms with Gasteiger partial charge in [-0.05, 0) is 26.0 Å². The van der Waals surface area contributed by atoms with Crippen molar-refractivity contribution >= 4 is 23.4 Å². The highest BCUT2D eigenvalue weighted by atomic mass is 32.2.